The first kappa shape index (κ1) is 13.8. The number of hydrogen-bond donors (Lipinski definition) is 1. The van der Waals surface area contributed by atoms with Crippen molar-refractivity contribution in [1.82, 2.24) is 0 Å². The predicted octanol–water partition coefficient (Wildman–Crippen LogP) is 3.46. The van der Waals surface area contributed by atoms with Gasteiger partial charge in [0.2, 0.25) is 0 Å². The SMILES string of the molecule is CC1(C)CC(Nc2ccc(F)cc2C#N)C(C)(C)O1. The quantitative estimate of drug-likeness (QED) is 0.887. The summed E-state index contributed by atoms with van der Waals surface area (Å²) in [6.07, 6.45) is 0.836. The van der Waals surface area contributed by atoms with E-state index in [1.165, 1.54) is 12.1 Å². The van der Waals surface area contributed by atoms with E-state index in [-0.39, 0.29) is 17.2 Å². The summed E-state index contributed by atoms with van der Waals surface area (Å²) < 4.78 is 19.1. The molecule has 1 atom stereocenters. The van der Waals surface area contributed by atoms with Crippen LogP contribution < -0.4 is 5.32 Å². The molecule has 0 amide bonds. The number of ether oxygens (including phenoxy) is 1. The second-order valence-corrected chi connectivity index (χ2v) is 6.17. The van der Waals surface area contributed by atoms with Crippen LogP contribution in [0, 0.1) is 17.1 Å². The van der Waals surface area contributed by atoms with Crippen LogP contribution in [-0.4, -0.2) is 17.2 Å². The Labute approximate surface area is 113 Å². The Kier molecular flexibility index (Phi) is 3.27. The molecular formula is C15H19FN2O. The zero-order chi connectivity index (χ0) is 14.3. The average molecular weight is 262 g/mol. The molecule has 1 aromatic carbocycles. The lowest BCUT2D eigenvalue weighted by Gasteiger charge is -2.28. The molecule has 0 radical (unpaired) electrons. The summed E-state index contributed by atoms with van der Waals surface area (Å²) in [5, 5.41) is 12.4. The first-order valence-electron chi connectivity index (χ1n) is 6.40. The van der Waals surface area contributed by atoms with Gasteiger partial charge < -0.3 is 10.1 Å². The number of nitrogens with zero attached hydrogens (tertiary/aromatic N) is 1. The summed E-state index contributed by atoms with van der Waals surface area (Å²) in [6.45, 7) is 8.14. The fourth-order valence-electron chi connectivity index (χ4n) is 2.71. The van der Waals surface area contributed by atoms with Crippen molar-refractivity contribution in [3.8, 4) is 6.07 Å². The number of rotatable bonds is 2. The highest BCUT2D eigenvalue weighted by molar-refractivity contribution is 5.58. The van der Waals surface area contributed by atoms with Gasteiger partial charge in [-0.2, -0.15) is 5.26 Å². The van der Waals surface area contributed by atoms with E-state index >= 15 is 0 Å². The minimum atomic E-state index is -0.399. The van der Waals surface area contributed by atoms with Crippen LogP contribution in [0.1, 0.15) is 39.7 Å². The molecule has 102 valence electrons. The number of halogens is 1. The summed E-state index contributed by atoms with van der Waals surface area (Å²) in [4.78, 5) is 0. The van der Waals surface area contributed by atoms with Gasteiger partial charge in [-0.3, -0.25) is 0 Å². The molecule has 4 heteroatoms. The van der Waals surface area contributed by atoms with E-state index in [1.807, 2.05) is 33.8 Å². The van der Waals surface area contributed by atoms with Gasteiger partial charge in [-0.15, -0.1) is 0 Å². The topological polar surface area (TPSA) is 45.0 Å². The van der Waals surface area contributed by atoms with Gasteiger partial charge in [-0.25, -0.2) is 4.39 Å². The molecular weight excluding hydrogens is 243 g/mol. The Hall–Kier alpha value is -1.60. The first-order chi connectivity index (χ1) is 8.73. The highest BCUT2D eigenvalue weighted by atomic mass is 19.1. The van der Waals surface area contributed by atoms with Crippen molar-refractivity contribution in [2.24, 2.45) is 0 Å². The Balaban J connectivity index is 2.25. The zero-order valence-corrected chi connectivity index (χ0v) is 11.7. The lowest BCUT2D eigenvalue weighted by atomic mass is 9.94. The second kappa shape index (κ2) is 4.50. The molecule has 1 aliphatic rings. The fourth-order valence-corrected chi connectivity index (χ4v) is 2.71. The van der Waals surface area contributed by atoms with E-state index in [2.05, 4.69) is 5.32 Å². The molecule has 0 aromatic heterocycles. The summed E-state index contributed by atoms with van der Waals surface area (Å²) in [5.41, 5.74) is 0.447. The first-order valence-corrected chi connectivity index (χ1v) is 6.40. The van der Waals surface area contributed by atoms with Crippen molar-refractivity contribution in [2.45, 2.75) is 51.4 Å². The molecule has 1 unspecified atom stereocenters. The number of anilines is 1. The molecule has 1 aliphatic heterocycles. The second-order valence-electron chi connectivity index (χ2n) is 6.17. The molecule has 1 N–H and O–H groups in total. The van der Waals surface area contributed by atoms with Gasteiger partial charge in [0.15, 0.2) is 0 Å². The molecule has 3 nitrogen and oxygen atoms in total. The van der Waals surface area contributed by atoms with Crippen molar-refractivity contribution in [3.63, 3.8) is 0 Å². The third kappa shape index (κ3) is 2.87. The fraction of sp³-hybridized carbons (Fsp3) is 0.533. The van der Waals surface area contributed by atoms with Crippen molar-refractivity contribution in [1.29, 1.82) is 5.26 Å². The molecule has 1 saturated heterocycles. The van der Waals surface area contributed by atoms with Gasteiger partial charge in [-0.1, -0.05) is 0 Å². The van der Waals surface area contributed by atoms with Crippen LogP contribution in [0.25, 0.3) is 0 Å². The van der Waals surface area contributed by atoms with E-state index < -0.39 is 5.82 Å². The number of nitrogens with one attached hydrogen (secondary N) is 1. The van der Waals surface area contributed by atoms with Crippen LogP contribution in [0.2, 0.25) is 0 Å². The van der Waals surface area contributed by atoms with Crippen LogP contribution in [0.4, 0.5) is 10.1 Å². The van der Waals surface area contributed by atoms with E-state index in [1.54, 1.807) is 6.07 Å². The normalized spacial score (nSPS) is 23.9. The van der Waals surface area contributed by atoms with E-state index in [4.69, 9.17) is 10.00 Å². The van der Waals surface area contributed by atoms with Crippen LogP contribution in [0.5, 0.6) is 0 Å². The molecule has 0 spiro atoms. The summed E-state index contributed by atoms with van der Waals surface area (Å²) in [6, 6.07) is 6.31. The predicted molar refractivity (Wildman–Crippen MR) is 72.4 cm³/mol. The van der Waals surface area contributed by atoms with E-state index in [0.29, 0.717) is 11.3 Å². The summed E-state index contributed by atoms with van der Waals surface area (Å²) in [7, 11) is 0. The Bertz CT molecular complexity index is 531. The molecule has 2 rings (SSSR count). The maximum absolute atomic E-state index is 13.1. The lowest BCUT2D eigenvalue weighted by Crippen LogP contribution is -2.38. The molecule has 0 bridgehead atoms. The molecule has 0 aliphatic carbocycles. The highest BCUT2D eigenvalue weighted by Crippen LogP contribution is 2.39. The van der Waals surface area contributed by atoms with Crippen LogP contribution in [-0.2, 0) is 4.74 Å². The smallest absolute Gasteiger partial charge is 0.124 e. The van der Waals surface area contributed by atoms with Gasteiger partial charge >= 0.3 is 0 Å². The van der Waals surface area contributed by atoms with Gasteiger partial charge in [0, 0.05) is 0 Å². The number of benzene rings is 1. The highest BCUT2D eigenvalue weighted by Gasteiger charge is 2.45. The summed E-state index contributed by atoms with van der Waals surface area (Å²) in [5.74, 6) is -0.399. The van der Waals surface area contributed by atoms with Gasteiger partial charge in [0.25, 0.3) is 0 Å². The monoisotopic (exact) mass is 262 g/mol. The molecule has 19 heavy (non-hydrogen) atoms. The molecule has 0 saturated carbocycles. The van der Waals surface area contributed by atoms with Crippen molar-refractivity contribution < 1.29 is 9.13 Å². The van der Waals surface area contributed by atoms with Gasteiger partial charge in [0.1, 0.15) is 11.9 Å². The van der Waals surface area contributed by atoms with Gasteiger partial charge in [0.05, 0.1) is 28.5 Å². The van der Waals surface area contributed by atoms with Crippen LogP contribution >= 0.6 is 0 Å². The Morgan fingerprint density at radius 2 is 2.05 bits per heavy atom. The molecule has 1 fully saturated rings. The minimum Gasteiger partial charge on any atom is -0.378 e. The zero-order valence-electron chi connectivity index (χ0n) is 11.7. The third-order valence-electron chi connectivity index (χ3n) is 3.51. The van der Waals surface area contributed by atoms with Crippen molar-refractivity contribution >= 4 is 5.69 Å². The largest absolute Gasteiger partial charge is 0.378 e. The lowest BCUT2D eigenvalue weighted by molar-refractivity contribution is -0.0662. The van der Waals surface area contributed by atoms with Crippen LogP contribution in [0.3, 0.4) is 0 Å². The minimum absolute atomic E-state index is 0.0834. The number of nitriles is 1. The maximum atomic E-state index is 13.1. The Morgan fingerprint density at radius 1 is 1.37 bits per heavy atom. The average Bonchev–Trinajstić information content (AvgIpc) is 2.49. The van der Waals surface area contributed by atoms with E-state index in [9.17, 15) is 4.39 Å². The molecule has 1 heterocycles. The van der Waals surface area contributed by atoms with Crippen LogP contribution in [0.15, 0.2) is 18.2 Å². The molecule has 1 aromatic rings. The third-order valence-corrected chi connectivity index (χ3v) is 3.51. The van der Waals surface area contributed by atoms with Crippen molar-refractivity contribution in [3.05, 3.63) is 29.6 Å². The van der Waals surface area contributed by atoms with Crippen molar-refractivity contribution in [2.75, 3.05) is 5.32 Å². The van der Waals surface area contributed by atoms with E-state index in [0.717, 1.165) is 6.42 Å². The van der Waals surface area contributed by atoms with Gasteiger partial charge in [-0.05, 0) is 52.3 Å². The standard InChI is InChI=1S/C15H19FN2O/c1-14(2)8-13(15(3,4)19-14)18-12-6-5-11(16)7-10(12)9-17/h5-7,13,18H,8H2,1-4H3. The maximum Gasteiger partial charge on any atom is 0.124 e. The summed E-state index contributed by atoms with van der Waals surface area (Å²) >= 11 is 0. The Morgan fingerprint density at radius 3 is 2.58 bits per heavy atom. The number of hydrogen-bond acceptors (Lipinski definition) is 3.